The molecule has 3 saturated carbocycles. The minimum atomic E-state index is -1.53. The summed E-state index contributed by atoms with van der Waals surface area (Å²) < 4.78 is 16.6. The minimum Gasteiger partial charge on any atom is -0.393 e. The standard InChI is InChI=1S/C25H31FN4O5/c1-23-10-9-19-17(18(23)4-6-22(23)31)8-12-25(26)14-15(7-11-24(19,25)2)27-28-20-5-3-16(29(32)33)13-21(20)30(34)35/h3,5,13-14,17-19,22,31H,4,6-12H2,1-2H3/t17-,18-,19-,22-,23-,24+,25+/m0/s1. The van der Waals surface area contributed by atoms with Gasteiger partial charge in [0.15, 0.2) is 5.69 Å². The maximum Gasteiger partial charge on any atom is 0.303 e. The number of nitro groups is 2. The average Bonchev–Trinajstić information content (AvgIpc) is 3.12. The first kappa shape index (κ1) is 24.0. The minimum absolute atomic E-state index is 0.0583. The van der Waals surface area contributed by atoms with E-state index in [4.69, 9.17) is 0 Å². The molecule has 1 N–H and O–H groups in total. The molecule has 3 fully saturated rings. The Morgan fingerprint density at radius 3 is 2.49 bits per heavy atom. The van der Waals surface area contributed by atoms with E-state index in [2.05, 4.69) is 24.1 Å². The molecule has 1 aromatic rings. The fourth-order valence-electron chi connectivity index (χ4n) is 7.83. The highest BCUT2D eigenvalue weighted by Crippen LogP contribution is 2.67. The summed E-state index contributed by atoms with van der Waals surface area (Å²) in [5.41, 5.74) is -2.68. The van der Waals surface area contributed by atoms with Crippen molar-refractivity contribution in [3.63, 3.8) is 0 Å². The Kier molecular flexibility index (Phi) is 5.58. The lowest BCUT2D eigenvalue weighted by molar-refractivity contribution is -0.393. The van der Waals surface area contributed by atoms with Crippen LogP contribution >= 0.6 is 0 Å². The van der Waals surface area contributed by atoms with E-state index in [1.165, 1.54) is 6.07 Å². The van der Waals surface area contributed by atoms with Crippen LogP contribution in [0.2, 0.25) is 0 Å². The van der Waals surface area contributed by atoms with Crippen molar-refractivity contribution in [1.29, 1.82) is 0 Å². The van der Waals surface area contributed by atoms with Crippen LogP contribution in [0.4, 0.5) is 21.5 Å². The molecule has 0 bridgehead atoms. The van der Waals surface area contributed by atoms with Gasteiger partial charge in [0.1, 0.15) is 5.67 Å². The van der Waals surface area contributed by atoms with Crippen molar-refractivity contribution in [2.24, 2.45) is 38.8 Å². The molecule has 9 nitrogen and oxygen atoms in total. The molecule has 7 atom stereocenters. The van der Waals surface area contributed by atoms with E-state index < -0.39 is 32.3 Å². The fraction of sp³-hybridized carbons (Fsp3) is 0.680. The molecule has 0 aromatic heterocycles. The molecule has 0 spiro atoms. The number of nitro benzene ring substituents is 2. The van der Waals surface area contributed by atoms with Gasteiger partial charge in [-0.15, -0.1) is 5.11 Å². The molecular weight excluding hydrogens is 455 g/mol. The summed E-state index contributed by atoms with van der Waals surface area (Å²) in [5, 5.41) is 41.1. The van der Waals surface area contributed by atoms with Crippen LogP contribution in [-0.2, 0) is 0 Å². The lowest BCUT2D eigenvalue weighted by atomic mass is 9.45. The maximum atomic E-state index is 16.6. The van der Waals surface area contributed by atoms with Gasteiger partial charge in [0, 0.05) is 11.5 Å². The number of fused-ring (bicyclic) bond motifs is 5. The normalized spacial score (nSPS) is 40.5. The summed E-state index contributed by atoms with van der Waals surface area (Å²) in [6.45, 7) is 4.27. The van der Waals surface area contributed by atoms with E-state index in [1.807, 2.05) is 0 Å². The number of aliphatic hydroxyl groups is 1. The van der Waals surface area contributed by atoms with E-state index in [0.29, 0.717) is 36.8 Å². The first-order valence-corrected chi connectivity index (χ1v) is 12.4. The maximum absolute atomic E-state index is 16.6. The number of alkyl halides is 1. The lowest BCUT2D eigenvalue weighted by Gasteiger charge is -2.61. The van der Waals surface area contributed by atoms with Crippen molar-refractivity contribution in [3.8, 4) is 0 Å². The Hall–Kier alpha value is -2.75. The number of aliphatic hydroxyl groups excluding tert-OH is 1. The smallest absolute Gasteiger partial charge is 0.303 e. The molecule has 1 aromatic carbocycles. The third kappa shape index (κ3) is 3.59. The van der Waals surface area contributed by atoms with Gasteiger partial charge in [-0.1, -0.05) is 13.8 Å². The van der Waals surface area contributed by atoms with Crippen LogP contribution in [0.5, 0.6) is 0 Å². The summed E-state index contributed by atoms with van der Waals surface area (Å²) in [6, 6.07) is 3.19. The van der Waals surface area contributed by atoms with Gasteiger partial charge in [0.05, 0.1) is 27.7 Å². The van der Waals surface area contributed by atoms with Crippen LogP contribution in [0.25, 0.3) is 0 Å². The van der Waals surface area contributed by atoms with Crippen molar-refractivity contribution in [2.75, 3.05) is 0 Å². The van der Waals surface area contributed by atoms with E-state index in [-0.39, 0.29) is 23.1 Å². The highest BCUT2D eigenvalue weighted by atomic mass is 19.1. The molecule has 4 aliphatic carbocycles. The van der Waals surface area contributed by atoms with Gasteiger partial charge in [0.25, 0.3) is 5.69 Å². The number of non-ortho nitro benzene ring substituents is 1. The van der Waals surface area contributed by atoms with E-state index in [0.717, 1.165) is 44.2 Å². The first-order valence-electron chi connectivity index (χ1n) is 12.4. The van der Waals surface area contributed by atoms with Crippen molar-refractivity contribution < 1.29 is 19.3 Å². The number of azo groups is 1. The van der Waals surface area contributed by atoms with E-state index in [1.54, 1.807) is 6.08 Å². The molecule has 0 saturated heterocycles. The molecule has 5 rings (SSSR count). The third-order valence-corrected chi connectivity index (χ3v) is 9.94. The second-order valence-corrected chi connectivity index (χ2v) is 11.4. The zero-order chi connectivity index (χ0) is 25.2. The van der Waals surface area contributed by atoms with Crippen LogP contribution in [0, 0.1) is 48.8 Å². The molecule has 0 radical (unpaired) electrons. The monoisotopic (exact) mass is 486 g/mol. The summed E-state index contributed by atoms with van der Waals surface area (Å²) >= 11 is 0. The summed E-state index contributed by atoms with van der Waals surface area (Å²) in [5.74, 6) is 1.10. The SMILES string of the molecule is C[C@]12CC[C@H]3[C@@H](CC[C@@]4(F)C=C(N=Nc5ccc([N+](=O)[O-])cc5[N+](=O)[O-])CC[C@]34C)[C@@H]1CC[C@@H]2O. The van der Waals surface area contributed by atoms with Crippen LogP contribution in [0.3, 0.4) is 0 Å². The summed E-state index contributed by atoms with van der Waals surface area (Å²) in [7, 11) is 0. The van der Waals surface area contributed by atoms with Crippen molar-refractivity contribution in [3.05, 3.63) is 50.2 Å². The highest BCUT2D eigenvalue weighted by molar-refractivity contribution is 5.61. The molecule has 188 valence electrons. The third-order valence-electron chi connectivity index (χ3n) is 9.94. The van der Waals surface area contributed by atoms with Crippen molar-refractivity contribution >= 4 is 17.1 Å². The Bertz CT molecular complexity index is 1140. The van der Waals surface area contributed by atoms with Gasteiger partial charge in [-0.25, -0.2) is 4.39 Å². The van der Waals surface area contributed by atoms with Gasteiger partial charge in [-0.3, -0.25) is 20.2 Å². The largest absolute Gasteiger partial charge is 0.393 e. The predicted octanol–water partition coefficient (Wildman–Crippen LogP) is 6.58. The Morgan fingerprint density at radius 1 is 1.00 bits per heavy atom. The van der Waals surface area contributed by atoms with Gasteiger partial charge >= 0.3 is 5.69 Å². The van der Waals surface area contributed by atoms with Gasteiger partial charge < -0.3 is 5.11 Å². The average molecular weight is 487 g/mol. The summed E-state index contributed by atoms with van der Waals surface area (Å²) in [4.78, 5) is 20.9. The van der Waals surface area contributed by atoms with Crippen LogP contribution in [0.1, 0.15) is 65.2 Å². The van der Waals surface area contributed by atoms with Crippen LogP contribution in [0.15, 0.2) is 40.2 Å². The fourth-order valence-corrected chi connectivity index (χ4v) is 7.83. The molecular formula is C25H31FN4O5. The Balaban J connectivity index is 1.41. The number of rotatable bonds is 4. The number of hydrogen-bond acceptors (Lipinski definition) is 7. The molecule has 10 heteroatoms. The molecule has 35 heavy (non-hydrogen) atoms. The zero-order valence-corrected chi connectivity index (χ0v) is 20.0. The van der Waals surface area contributed by atoms with Crippen LogP contribution < -0.4 is 0 Å². The molecule has 0 heterocycles. The lowest BCUT2D eigenvalue weighted by Crippen LogP contribution is -2.58. The Labute approximate surface area is 202 Å². The quantitative estimate of drug-likeness (QED) is 0.292. The van der Waals surface area contributed by atoms with Crippen LogP contribution in [-0.4, -0.2) is 26.7 Å². The van der Waals surface area contributed by atoms with Gasteiger partial charge in [0.2, 0.25) is 0 Å². The van der Waals surface area contributed by atoms with Crippen molar-refractivity contribution in [2.45, 2.75) is 77.0 Å². The molecule has 4 aliphatic rings. The number of halogens is 1. The number of benzene rings is 1. The van der Waals surface area contributed by atoms with Crippen molar-refractivity contribution in [1.82, 2.24) is 0 Å². The molecule has 0 aliphatic heterocycles. The highest BCUT2D eigenvalue weighted by Gasteiger charge is 2.64. The number of allylic oxidation sites excluding steroid dienone is 2. The number of hydrogen-bond donors (Lipinski definition) is 1. The molecule has 0 amide bonds. The Morgan fingerprint density at radius 2 is 1.77 bits per heavy atom. The second-order valence-electron chi connectivity index (χ2n) is 11.4. The first-order chi connectivity index (χ1) is 16.5. The van der Waals surface area contributed by atoms with Gasteiger partial charge in [-0.05, 0) is 86.7 Å². The zero-order valence-electron chi connectivity index (χ0n) is 20.0. The van der Waals surface area contributed by atoms with Gasteiger partial charge in [-0.2, -0.15) is 5.11 Å². The number of nitrogens with zero attached hydrogens (tertiary/aromatic N) is 4. The topological polar surface area (TPSA) is 131 Å². The van der Waals surface area contributed by atoms with E-state index >= 15 is 4.39 Å². The summed E-state index contributed by atoms with van der Waals surface area (Å²) in [6.07, 6.45) is 7.29. The molecule has 0 unspecified atom stereocenters. The van der Waals surface area contributed by atoms with E-state index in [9.17, 15) is 25.3 Å². The predicted molar refractivity (Wildman–Crippen MR) is 126 cm³/mol. The second kappa shape index (κ2) is 8.15.